The lowest BCUT2D eigenvalue weighted by molar-refractivity contribution is -0.130. The number of likely N-dealkylation sites (tertiary alicyclic amines) is 1. The van der Waals surface area contributed by atoms with Gasteiger partial charge in [0.25, 0.3) is 0 Å². The Morgan fingerprint density at radius 3 is 2.55 bits per heavy atom. The van der Waals surface area contributed by atoms with Crippen LogP contribution in [0.2, 0.25) is 10.0 Å². The van der Waals surface area contributed by atoms with E-state index in [0.717, 1.165) is 11.1 Å². The third-order valence-corrected chi connectivity index (χ3v) is 6.57. The van der Waals surface area contributed by atoms with Crippen LogP contribution in [0.15, 0.2) is 66.9 Å². The van der Waals surface area contributed by atoms with Gasteiger partial charge in [0.15, 0.2) is 0 Å². The predicted octanol–water partition coefficient (Wildman–Crippen LogP) is 5.13. The van der Waals surface area contributed by atoms with Crippen molar-refractivity contribution in [1.29, 1.82) is 0 Å². The molecule has 1 aromatic heterocycles. The van der Waals surface area contributed by atoms with E-state index in [2.05, 4.69) is 10.4 Å². The maximum atomic E-state index is 12.9. The SMILES string of the molecule is O=C(Nc1ccnn1Cc1cccc(Cl)c1Cl)C1CCN(C(=O)/C=C/c2ccccc2)CC1. The monoisotopic (exact) mass is 482 g/mol. The van der Waals surface area contributed by atoms with Crippen molar-refractivity contribution in [1.82, 2.24) is 14.7 Å². The second-order valence-corrected chi connectivity index (χ2v) is 8.71. The van der Waals surface area contributed by atoms with Crippen LogP contribution in [0, 0.1) is 5.92 Å². The molecule has 8 heteroatoms. The average molecular weight is 483 g/mol. The lowest BCUT2D eigenvalue weighted by atomic mass is 9.96. The van der Waals surface area contributed by atoms with Gasteiger partial charge in [0.1, 0.15) is 5.82 Å². The Balaban J connectivity index is 1.31. The van der Waals surface area contributed by atoms with Crippen LogP contribution in [-0.4, -0.2) is 39.6 Å². The Kier molecular flexibility index (Phi) is 7.47. The Labute approximate surface area is 202 Å². The molecule has 0 saturated carbocycles. The van der Waals surface area contributed by atoms with E-state index < -0.39 is 0 Å². The molecule has 33 heavy (non-hydrogen) atoms. The number of carbonyl (C=O) groups is 2. The van der Waals surface area contributed by atoms with Gasteiger partial charge in [0, 0.05) is 31.1 Å². The average Bonchev–Trinajstić information content (AvgIpc) is 3.27. The van der Waals surface area contributed by atoms with Crippen LogP contribution >= 0.6 is 23.2 Å². The van der Waals surface area contributed by atoms with Crippen molar-refractivity contribution >= 4 is 46.9 Å². The zero-order chi connectivity index (χ0) is 23.2. The van der Waals surface area contributed by atoms with Gasteiger partial charge in [-0.2, -0.15) is 5.10 Å². The molecule has 1 aliphatic rings. The molecule has 1 aliphatic heterocycles. The molecular weight excluding hydrogens is 459 g/mol. The highest BCUT2D eigenvalue weighted by molar-refractivity contribution is 6.42. The normalized spacial score (nSPS) is 14.5. The molecule has 1 fully saturated rings. The second-order valence-electron chi connectivity index (χ2n) is 7.92. The number of hydrogen-bond acceptors (Lipinski definition) is 3. The fourth-order valence-corrected chi connectivity index (χ4v) is 4.20. The number of halogens is 2. The molecule has 3 aromatic rings. The number of carbonyl (C=O) groups excluding carboxylic acids is 2. The minimum Gasteiger partial charge on any atom is -0.339 e. The third-order valence-electron chi connectivity index (χ3n) is 5.71. The Bertz CT molecular complexity index is 1150. The van der Waals surface area contributed by atoms with Crippen LogP contribution in [0.1, 0.15) is 24.0 Å². The van der Waals surface area contributed by atoms with E-state index in [0.29, 0.717) is 48.3 Å². The highest BCUT2D eigenvalue weighted by Gasteiger charge is 2.27. The van der Waals surface area contributed by atoms with Gasteiger partial charge >= 0.3 is 0 Å². The lowest BCUT2D eigenvalue weighted by Crippen LogP contribution is -2.40. The number of amides is 2. The predicted molar refractivity (Wildman–Crippen MR) is 131 cm³/mol. The summed E-state index contributed by atoms with van der Waals surface area (Å²) < 4.78 is 1.68. The van der Waals surface area contributed by atoms with Crippen LogP contribution in [0.3, 0.4) is 0 Å². The van der Waals surface area contributed by atoms with Crippen LogP contribution in [0.4, 0.5) is 5.82 Å². The van der Waals surface area contributed by atoms with Crippen LogP contribution in [0.25, 0.3) is 6.08 Å². The highest BCUT2D eigenvalue weighted by atomic mass is 35.5. The van der Waals surface area contributed by atoms with E-state index in [9.17, 15) is 9.59 Å². The molecule has 0 spiro atoms. The van der Waals surface area contributed by atoms with Crippen molar-refractivity contribution in [3.05, 3.63) is 88.0 Å². The van der Waals surface area contributed by atoms with Gasteiger partial charge in [0.2, 0.25) is 11.8 Å². The first kappa shape index (κ1) is 23.1. The smallest absolute Gasteiger partial charge is 0.246 e. The summed E-state index contributed by atoms with van der Waals surface area (Å²) in [5, 5.41) is 8.23. The van der Waals surface area contributed by atoms with Crippen LogP contribution in [0.5, 0.6) is 0 Å². The summed E-state index contributed by atoms with van der Waals surface area (Å²) in [5.74, 6) is 0.334. The molecule has 1 N–H and O–H groups in total. The first-order valence-electron chi connectivity index (χ1n) is 10.8. The molecule has 0 unspecified atom stereocenters. The largest absolute Gasteiger partial charge is 0.339 e. The maximum Gasteiger partial charge on any atom is 0.246 e. The van der Waals surface area contributed by atoms with Crippen molar-refractivity contribution in [2.24, 2.45) is 5.92 Å². The first-order valence-corrected chi connectivity index (χ1v) is 11.5. The van der Waals surface area contributed by atoms with Gasteiger partial charge in [-0.1, -0.05) is 65.7 Å². The standard InChI is InChI=1S/C25H24Cl2N4O2/c26-21-8-4-7-20(24(21)27)17-31-22(11-14-28-31)29-25(33)19-12-15-30(16-13-19)23(32)10-9-18-5-2-1-3-6-18/h1-11,14,19H,12-13,15-17H2,(H,29,33)/b10-9+. The zero-order valence-electron chi connectivity index (χ0n) is 18.0. The van der Waals surface area contributed by atoms with E-state index >= 15 is 0 Å². The molecule has 170 valence electrons. The Morgan fingerprint density at radius 1 is 1.03 bits per heavy atom. The lowest BCUT2D eigenvalue weighted by Gasteiger charge is -2.30. The third kappa shape index (κ3) is 5.83. The molecule has 0 radical (unpaired) electrons. The van der Waals surface area contributed by atoms with E-state index in [1.54, 1.807) is 34.0 Å². The number of piperidine rings is 1. The molecule has 0 atom stereocenters. The molecule has 2 amide bonds. The van der Waals surface area contributed by atoms with Gasteiger partial charge < -0.3 is 10.2 Å². The molecule has 4 rings (SSSR count). The number of nitrogens with one attached hydrogen (secondary N) is 1. The molecule has 1 saturated heterocycles. The molecule has 2 aromatic carbocycles. The van der Waals surface area contributed by atoms with Crippen LogP contribution in [-0.2, 0) is 16.1 Å². The second kappa shape index (κ2) is 10.7. The van der Waals surface area contributed by atoms with Crippen molar-refractivity contribution in [3.8, 4) is 0 Å². The first-order chi connectivity index (χ1) is 16.0. The fourth-order valence-electron chi connectivity index (χ4n) is 3.82. The quantitative estimate of drug-likeness (QED) is 0.495. The maximum absolute atomic E-state index is 12.9. The number of hydrogen-bond donors (Lipinski definition) is 1. The van der Waals surface area contributed by atoms with E-state index in [-0.39, 0.29) is 17.7 Å². The molecule has 0 aliphatic carbocycles. The van der Waals surface area contributed by atoms with Gasteiger partial charge in [-0.15, -0.1) is 0 Å². The fraction of sp³-hybridized carbons (Fsp3) is 0.240. The van der Waals surface area contributed by atoms with Gasteiger partial charge in [-0.3, -0.25) is 9.59 Å². The summed E-state index contributed by atoms with van der Waals surface area (Å²) >= 11 is 12.4. The van der Waals surface area contributed by atoms with E-state index in [4.69, 9.17) is 23.2 Å². The minimum absolute atomic E-state index is 0.0332. The highest BCUT2D eigenvalue weighted by Crippen LogP contribution is 2.27. The molecule has 0 bridgehead atoms. The Morgan fingerprint density at radius 2 is 1.79 bits per heavy atom. The molecular formula is C25H24Cl2N4O2. The summed E-state index contributed by atoms with van der Waals surface area (Å²) in [6.07, 6.45) is 6.27. The van der Waals surface area contributed by atoms with Crippen LogP contribution < -0.4 is 5.32 Å². The summed E-state index contributed by atoms with van der Waals surface area (Å²) in [7, 11) is 0. The van der Waals surface area contributed by atoms with E-state index in [1.165, 1.54) is 0 Å². The summed E-state index contributed by atoms with van der Waals surface area (Å²) in [4.78, 5) is 27.1. The number of anilines is 1. The van der Waals surface area contributed by atoms with Gasteiger partial charge in [0.05, 0.1) is 22.8 Å². The van der Waals surface area contributed by atoms with Gasteiger partial charge in [-0.25, -0.2) is 4.68 Å². The number of rotatable bonds is 6. The summed E-state index contributed by atoms with van der Waals surface area (Å²) in [6, 6.07) is 16.9. The number of nitrogens with zero attached hydrogens (tertiary/aromatic N) is 3. The zero-order valence-corrected chi connectivity index (χ0v) is 19.5. The van der Waals surface area contributed by atoms with E-state index in [1.807, 2.05) is 48.5 Å². The summed E-state index contributed by atoms with van der Waals surface area (Å²) in [6.45, 7) is 1.49. The minimum atomic E-state index is -0.162. The molecule has 2 heterocycles. The van der Waals surface area contributed by atoms with Gasteiger partial charge in [-0.05, 0) is 36.1 Å². The van der Waals surface area contributed by atoms with Crippen molar-refractivity contribution in [3.63, 3.8) is 0 Å². The number of benzene rings is 2. The molecule has 6 nitrogen and oxygen atoms in total. The van der Waals surface area contributed by atoms with Crippen molar-refractivity contribution in [2.45, 2.75) is 19.4 Å². The number of aromatic nitrogens is 2. The summed E-state index contributed by atoms with van der Waals surface area (Å²) in [5.41, 5.74) is 1.80. The van der Waals surface area contributed by atoms with Crippen molar-refractivity contribution < 1.29 is 9.59 Å². The topological polar surface area (TPSA) is 67.2 Å². The van der Waals surface area contributed by atoms with Crippen molar-refractivity contribution in [2.75, 3.05) is 18.4 Å². The Hall–Kier alpha value is -3.09.